The van der Waals surface area contributed by atoms with E-state index < -0.39 is 5.82 Å². The lowest BCUT2D eigenvalue weighted by molar-refractivity contribution is 0.236. The van der Waals surface area contributed by atoms with Crippen LogP contribution in [0.25, 0.3) is 0 Å². The van der Waals surface area contributed by atoms with Crippen molar-refractivity contribution < 1.29 is 4.39 Å². The van der Waals surface area contributed by atoms with Crippen LogP contribution in [0.4, 0.5) is 4.39 Å². The van der Waals surface area contributed by atoms with Crippen LogP contribution in [-0.2, 0) is 6.54 Å². The monoisotopic (exact) mass is 370 g/mol. The van der Waals surface area contributed by atoms with Crippen LogP contribution in [0.15, 0.2) is 46.9 Å². The lowest BCUT2D eigenvalue weighted by atomic mass is 10.0. The van der Waals surface area contributed by atoms with Crippen molar-refractivity contribution >= 4 is 27.5 Å². The summed E-state index contributed by atoms with van der Waals surface area (Å²) in [5.74, 6) is -0.395. The Bertz CT molecular complexity index is 621. The molecule has 0 heterocycles. The van der Waals surface area contributed by atoms with E-state index in [1.807, 2.05) is 36.2 Å². The largest absolute Gasteiger partial charge is 0.329 e. The first-order valence-corrected chi connectivity index (χ1v) is 7.79. The minimum Gasteiger partial charge on any atom is -0.329 e. The fourth-order valence-corrected chi connectivity index (χ4v) is 2.92. The Hall–Kier alpha value is -0.940. The molecule has 5 heteroatoms. The molecule has 0 fully saturated rings. The molecule has 1 atom stereocenters. The van der Waals surface area contributed by atoms with Gasteiger partial charge in [0.15, 0.2) is 0 Å². The molecule has 0 aromatic heterocycles. The molecule has 0 aliphatic heterocycles. The van der Waals surface area contributed by atoms with Crippen molar-refractivity contribution in [3.05, 3.63) is 68.9 Å². The zero-order chi connectivity index (χ0) is 15.4. The fourth-order valence-electron chi connectivity index (χ4n) is 2.33. The SMILES string of the molecule is CN(Cc1ccccc1Br)C(CN)c1cccc(Cl)c1F. The molecule has 21 heavy (non-hydrogen) atoms. The highest BCUT2D eigenvalue weighted by Gasteiger charge is 2.21. The van der Waals surface area contributed by atoms with Gasteiger partial charge in [0.05, 0.1) is 5.02 Å². The summed E-state index contributed by atoms with van der Waals surface area (Å²) in [4.78, 5) is 2.02. The van der Waals surface area contributed by atoms with Crippen LogP contribution in [0.2, 0.25) is 5.02 Å². The Balaban J connectivity index is 2.25. The van der Waals surface area contributed by atoms with Gasteiger partial charge in [-0.2, -0.15) is 0 Å². The van der Waals surface area contributed by atoms with Gasteiger partial charge < -0.3 is 5.73 Å². The van der Waals surface area contributed by atoms with Gasteiger partial charge in [-0.3, -0.25) is 4.90 Å². The topological polar surface area (TPSA) is 29.3 Å². The second kappa shape index (κ2) is 7.36. The Morgan fingerprint density at radius 2 is 1.95 bits per heavy atom. The molecule has 0 aliphatic rings. The van der Waals surface area contributed by atoms with Crippen molar-refractivity contribution in [3.8, 4) is 0 Å². The van der Waals surface area contributed by atoms with Gasteiger partial charge in [0.2, 0.25) is 0 Å². The molecular weight excluding hydrogens is 355 g/mol. The number of benzene rings is 2. The van der Waals surface area contributed by atoms with E-state index in [1.54, 1.807) is 18.2 Å². The van der Waals surface area contributed by atoms with E-state index in [-0.39, 0.29) is 11.1 Å². The van der Waals surface area contributed by atoms with Crippen molar-refractivity contribution in [2.24, 2.45) is 5.73 Å². The van der Waals surface area contributed by atoms with Crippen LogP contribution in [-0.4, -0.2) is 18.5 Å². The summed E-state index contributed by atoms with van der Waals surface area (Å²) in [7, 11) is 1.93. The van der Waals surface area contributed by atoms with E-state index in [1.165, 1.54) is 0 Å². The molecule has 2 rings (SSSR count). The van der Waals surface area contributed by atoms with Crippen LogP contribution < -0.4 is 5.73 Å². The summed E-state index contributed by atoms with van der Waals surface area (Å²) in [5.41, 5.74) is 7.51. The van der Waals surface area contributed by atoms with E-state index >= 15 is 0 Å². The molecule has 0 radical (unpaired) electrons. The summed E-state index contributed by atoms with van der Waals surface area (Å²) in [5, 5.41) is 0.125. The number of hydrogen-bond donors (Lipinski definition) is 1. The third kappa shape index (κ3) is 3.83. The Morgan fingerprint density at radius 3 is 2.62 bits per heavy atom. The van der Waals surface area contributed by atoms with E-state index in [4.69, 9.17) is 17.3 Å². The predicted molar refractivity (Wildman–Crippen MR) is 88.8 cm³/mol. The van der Waals surface area contributed by atoms with Crippen molar-refractivity contribution in [3.63, 3.8) is 0 Å². The zero-order valence-electron chi connectivity index (χ0n) is 11.7. The van der Waals surface area contributed by atoms with Gasteiger partial charge in [0.25, 0.3) is 0 Å². The molecule has 112 valence electrons. The maximum absolute atomic E-state index is 14.2. The summed E-state index contributed by atoms with van der Waals surface area (Å²) in [6.45, 7) is 0.980. The molecular formula is C16H17BrClFN2. The highest BCUT2D eigenvalue weighted by atomic mass is 79.9. The fraction of sp³-hybridized carbons (Fsp3) is 0.250. The van der Waals surface area contributed by atoms with Crippen LogP contribution in [0, 0.1) is 5.82 Å². The summed E-state index contributed by atoms with van der Waals surface area (Å²) < 4.78 is 15.2. The van der Waals surface area contributed by atoms with Gasteiger partial charge in [-0.1, -0.05) is 57.9 Å². The number of likely N-dealkylation sites (N-methyl/N-ethyl adjacent to an activating group) is 1. The molecule has 0 bridgehead atoms. The minimum atomic E-state index is -0.395. The number of rotatable bonds is 5. The van der Waals surface area contributed by atoms with Gasteiger partial charge >= 0.3 is 0 Å². The maximum Gasteiger partial charge on any atom is 0.146 e. The molecule has 2 aromatic rings. The number of nitrogens with zero attached hydrogens (tertiary/aromatic N) is 1. The van der Waals surface area contributed by atoms with Crippen molar-refractivity contribution in [1.82, 2.24) is 4.90 Å². The van der Waals surface area contributed by atoms with Crippen LogP contribution in [0.3, 0.4) is 0 Å². The maximum atomic E-state index is 14.2. The molecule has 0 saturated carbocycles. The van der Waals surface area contributed by atoms with Crippen LogP contribution >= 0.6 is 27.5 Å². The predicted octanol–water partition coefficient (Wildman–Crippen LogP) is 4.37. The van der Waals surface area contributed by atoms with Gasteiger partial charge in [-0.15, -0.1) is 0 Å². The molecule has 0 aliphatic carbocycles. The quantitative estimate of drug-likeness (QED) is 0.845. The highest BCUT2D eigenvalue weighted by Crippen LogP contribution is 2.28. The minimum absolute atomic E-state index is 0.125. The van der Waals surface area contributed by atoms with Crippen LogP contribution in [0.5, 0.6) is 0 Å². The molecule has 2 aromatic carbocycles. The number of hydrogen-bond acceptors (Lipinski definition) is 2. The first kappa shape index (κ1) is 16.4. The molecule has 0 spiro atoms. The average Bonchev–Trinajstić information content (AvgIpc) is 2.47. The molecule has 1 unspecified atom stereocenters. The summed E-state index contributed by atoms with van der Waals surface area (Å²) in [6, 6.07) is 12.8. The van der Waals surface area contributed by atoms with Crippen molar-refractivity contribution in [1.29, 1.82) is 0 Å². The molecule has 0 amide bonds. The van der Waals surface area contributed by atoms with Crippen LogP contribution in [0.1, 0.15) is 17.2 Å². The third-order valence-corrected chi connectivity index (χ3v) is 4.54. The van der Waals surface area contributed by atoms with Gasteiger partial charge in [0.1, 0.15) is 5.82 Å². The Morgan fingerprint density at radius 1 is 1.24 bits per heavy atom. The first-order chi connectivity index (χ1) is 10.0. The van der Waals surface area contributed by atoms with E-state index in [0.29, 0.717) is 18.7 Å². The second-order valence-electron chi connectivity index (χ2n) is 4.90. The van der Waals surface area contributed by atoms with E-state index in [2.05, 4.69) is 15.9 Å². The average molecular weight is 372 g/mol. The smallest absolute Gasteiger partial charge is 0.146 e. The third-order valence-electron chi connectivity index (χ3n) is 3.47. The summed E-state index contributed by atoms with van der Waals surface area (Å²) in [6.07, 6.45) is 0. The lowest BCUT2D eigenvalue weighted by Gasteiger charge is -2.28. The second-order valence-corrected chi connectivity index (χ2v) is 6.16. The number of halogens is 3. The summed E-state index contributed by atoms with van der Waals surface area (Å²) >= 11 is 9.39. The zero-order valence-corrected chi connectivity index (χ0v) is 14.0. The van der Waals surface area contributed by atoms with Crippen molar-refractivity contribution in [2.75, 3.05) is 13.6 Å². The Labute approximate surface area is 137 Å². The number of nitrogens with two attached hydrogens (primary N) is 1. The van der Waals surface area contributed by atoms with Gasteiger partial charge in [0, 0.05) is 29.2 Å². The van der Waals surface area contributed by atoms with Crippen molar-refractivity contribution in [2.45, 2.75) is 12.6 Å². The molecule has 2 nitrogen and oxygen atoms in total. The normalized spacial score (nSPS) is 12.7. The highest BCUT2D eigenvalue weighted by molar-refractivity contribution is 9.10. The van der Waals surface area contributed by atoms with Gasteiger partial charge in [-0.25, -0.2) is 4.39 Å². The first-order valence-electron chi connectivity index (χ1n) is 6.62. The molecule has 0 saturated heterocycles. The standard InChI is InChI=1S/C16H17BrClFN2/c1-21(10-11-5-2-3-7-13(11)17)15(9-20)12-6-4-8-14(18)16(12)19/h2-8,15H,9-10,20H2,1H3. The van der Waals surface area contributed by atoms with E-state index in [9.17, 15) is 4.39 Å². The Kier molecular flexibility index (Phi) is 5.76. The lowest BCUT2D eigenvalue weighted by Crippen LogP contribution is -2.31. The van der Waals surface area contributed by atoms with E-state index in [0.717, 1.165) is 10.0 Å². The molecule has 2 N–H and O–H groups in total. The van der Waals surface area contributed by atoms with Gasteiger partial charge in [-0.05, 0) is 24.7 Å².